The van der Waals surface area contributed by atoms with Gasteiger partial charge in [-0.25, -0.2) is 18.6 Å². The summed E-state index contributed by atoms with van der Waals surface area (Å²) in [6.45, 7) is 1.80. The van der Waals surface area contributed by atoms with Crippen LogP contribution in [0.1, 0.15) is 12.8 Å². The number of rotatable bonds is 3. The molecule has 0 radical (unpaired) electrons. The number of anilines is 1. The Kier molecular flexibility index (Phi) is 6.88. The molecule has 1 fully saturated rings. The molecule has 2 heterocycles. The molecule has 0 bridgehead atoms. The lowest BCUT2D eigenvalue weighted by Crippen LogP contribution is -2.45. The fourth-order valence-corrected chi connectivity index (χ4v) is 2.92. The van der Waals surface area contributed by atoms with E-state index in [9.17, 15) is 13.6 Å². The Morgan fingerprint density at radius 2 is 1.81 bits per heavy atom. The predicted molar refractivity (Wildman–Crippen MR) is 99.5 cm³/mol. The number of piperidine rings is 1. The molecule has 2 aromatic rings. The number of hydrogen-bond donors (Lipinski definition) is 2. The minimum Gasteiger partial charge on any atom is -0.324 e. The van der Waals surface area contributed by atoms with E-state index in [2.05, 4.69) is 15.6 Å². The Labute approximate surface area is 157 Å². The number of pyridine rings is 1. The first-order chi connectivity index (χ1) is 12.0. The van der Waals surface area contributed by atoms with Gasteiger partial charge in [-0.2, -0.15) is 0 Å². The standard InChI is InChI=1S/C18H20F2N4O.ClH/c1-24(16-4-6-21-7-5-16)18(25)23-17-3-2-12(11-22-17)13-8-14(19)10-15(20)9-13;/h2-3,8-11,16,21H,4-7H2,1H3,(H,22,23,25);1H. The molecule has 2 amide bonds. The molecule has 0 unspecified atom stereocenters. The Hall–Kier alpha value is -2.25. The van der Waals surface area contributed by atoms with E-state index < -0.39 is 11.6 Å². The molecule has 5 nitrogen and oxygen atoms in total. The maximum atomic E-state index is 13.3. The van der Waals surface area contributed by atoms with Gasteiger partial charge in [0, 0.05) is 30.9 Å². The molecule has 0 spiro atoms. The third-order valence-corrected chi connectivity index (χ3v) is 4.37. The second-order valence-corrected chi connectivity index (χ2v) is 6.11. The molecule has 0 saturated carbocycles. The smallest absolute Gasteiger partial charge is 0.323 e. The minimum absolute atomic E-state index is 0. The van der Waals surface area contributed by atoms with Crippen LogP contribution in [0, 0.1) is 11.6 Å². The van der Waals surface area contributed by atoms with Crippen LogP contribution in [-0.4, -0.2) is 42.1 Å². The first kappa shape index (κ1) is 20.1. The van der Waals surface area contributed by atoms with Gasteiger partial charge in [0.05, 0.1) is 0 Å². The average Bonchev–Trinajstić information content (AvgIpc) is 2.61. The molecular weight excluding hydrogens is 362 g/mol. The van der Waals surface area contributed by atoms with Crippen LogP contribution in [0.3, 0.4) is 0 Å². The number of nitrogens with one attached hydrogen (secondary N) is 2. The number of benzene rings is 1. The Bertz CT molecular complexity index is 731. The molecule has 2 N–H and O–H groups in total. The van der Waals surface area contributed by atoms with Gasteiger partial charge < -0.3 is 10.2 Å². The van der Waals surface area contributed by atoms with E-state index >= 15 is 0 Å². The summed E-state index contributed by atoms with van der Waals surface area (Å²) >= 11 is 0. The van der Waals surface area contributed by atoms with E-state index in [0.717, 1.165) is 32.0 Å². The first-order valence-corrected chi connectivity index (χ1v) is 8.20. The van der Waals surface area contributed by atoms with Gasteiger partial charge in [-0.05, 0) is 55.8 Å². The van der Waals surface area contributed by atoms with Gasteiger partial charge in [0.1, 0.15) is 17.5 Å². The summed E-state index contributed by atoms with van der Waals surface area (Å²) in [6, 6.07) is 6.57. The van der Waals surface area contributed by atoms with Crippen molar-refractivity contribution >= 4 is 24.3 Å². The van der Waals surface area contributed by atoms with Gasteiger partial charge in [-0.15, -0.1) is 12.4 Å². The number of amides is 2. The van der Waals surface area contributed by atoms with Crippen molar-refractivity contribution < 1.29 is 13.6 Å². The van der Waals surface area contributed by atoms with E-state index in [1.165, 1.54) is 18.3 Å². The lowest BCUT2D eigenvalue weighted by atomic mass is 10.1. The van der Waals surface area contributed by atoms with Gasteiger partial charge in [0.15, 0.2) is 0 Å². The lowest BCUT2D eigenvalue weighted by molar-refractivity contribution is 0.189. The molecule has 0 aliphatic carbocycles. The van der Waals surface area contributed by atoms with Crippen molar-refractivity contribution in [3.8, 4) is 11.1 Å². The number of urea groups is 1. The molecular formula is C18H21ClF2N4O. The number of nitrogens with zero attached hydrogens (tertiary/aromatic N) is 2. The molecule has 3 rings (SSSR count). The number of hydrogen-bond acceptors (Lipinski definition) is 3. The molecule has 1 aliphatic heterocycles. The Balaban J connectivity index is 0.00000243. The van der Waals surface area contributed by atoms with Crippen LogP contribution in [0.5, 0.6) is 0 Å². The highest BCUT2D eigenvalue weighted by molar-refractivity contribution is 5.88. The third kappa shape index (κ3) is 4.89. The minimum atomic E-state index is -0.643. The van der Waals surface area contributed by atoms with Crippen molar-refractivity contribution in [2.45, 2.75) is 18.9 Å². The molecule has 8 heteroatoms. The molecule has 26 heavy (non-hydrogen) atoms. The topological polar surface area (TPSA) is 57.3 Å². The fourth-order valence-electron chi connectivity index (χ4n) is 2.92. The number of carbonyl (C=O) groups is 1. The van der Waals surface area contributed by atoms with Crippen LogP contribution in [-0.2, 0) is 0 Å². The molecule has 1 aromatic heterocycles. The van der Waals surface area contributed by atoms with Crippen molar-refractivity contribution in [1.29, 1.82) is 0 Å². The highest BCUT2D eigenvalue weighted by Gasteiger charge is 2.22. The summed E-state index contributed by atoms with van der Waals surface area (Å²) in [5.74, 6) is -0.890. The van der Waals surface area contributed by atoms with Crippen molar-refractivity contribution in [3.05, 3.63) is 48.2 Å². The number of halogens is 3. The predicted octanol–water partition coefficient (Wildman–Crippen LogP) is 3.66. The van der Waals surface area contributed by atoms with Gasteiger partial charge in [-0.1, -0.05) is 0 Å². The summed E-state index contributed by atoms with van der Waals surface area (Å²) in [5.41, 5.74) is 0.970. The molecule has 1 aliphatic rings. The number of carbonyl (C=O) groups excluding carboxylic acids is 1. The van der Waals surface area contributed by atoms with Gasteiger partial charge >= 0.3 is 6.03 Å². The summed E-state index contributed by atoms with van der Waals surface area (Å²) in [7, 11) is 1.77. The zero-order valence-corrected chi connectivity index (χ0v) is 15.2. The first-order valence-electron chi connectivity index (χ1n) is 8.20. The van der Waals surface area contributed by atoms with Gasteiger partial charge in [0.2, 0.25) is 0 Å². The zero-order chi connectivity index (χ0) is 17.8. The van der Waals surface area contributed by atoms with Gasteiger partial charge in [0.25, 0.3) is 0 Å². The van der Waals surface area contributed by atoms with E-state index in [1.807, 2.05) is 0 Å². The van der Waals surface area contributed by atoms with Crippen molar-refractivity contribution in [2.75, 3.05) is 25.5 Å². The van der Waals surface area contributed by atoms with Crippen LogP contribution in [0.15, 0.2) is 36.5 Å². The van der Waals surface area contributed by atoms with Crippen molar-refractivity contribution in [2.24, 2.45) is 0 Å². The quantitative estimate of drug-likeness (QED) is 0.851. The van der Waals surface area contributed by atoms with Crippen molar-refractivity contribution in [1.82, 2.24) is 15.2 Å². The normalized spacial score (nSPS) is 14.4. The van der Waals surface area contributed by atoms with Gasteiger partial charge in [-0.3, -0.25) is 5.32 Å². The van der Waals surface area contributed by atoms with E-state index in [-0.39, 0.29) is 24.5 Å². The average molecular weight is 383 g/mol. The Morgan fingerprint density at radius 3 is 2.38 bits per heavy atom. The second-order valence-electron chi connectivity index (χ2n) is 6.11. The third-order valence-electron chi connectivity index (χ3n) is 4.37. The summed E-state index contributed by atoms with van der Waals surface area (Å²) in [5, 5.41) is 6.01. The summed E-state index contributed by atoms with van der Waals surface area (Å²) in [6.07, 6.45) is 3.32. The van der Waals surface area contributed by atoms with Crippen LogP contribution >= 0.6 is 12.4 Å². The van der Waals surface area contributed by atoms with Crippen molar-refractivity contribution in [3.63, 3.8) is 0 Å². The molecule has 0 atom stereocenters. The lowest BCUT2D eigenvalue weighted by Gasteiger charge is -2.31. The SMILES string of the molecule is CN(C(=O)Nc1ccc(-c2cc(F)cc(F)c2)cn1)C1CCNCC1.Cl. The Morgan fingerprint density at radius 1 is 1.15 bits per heavy atom. The largest absolute Gasteiger partial charge is 0.324 e. The number of aromatic nitrogens is 1. The maximum absolute atomic E-state index is 13.3. The van der Waals surface area contributed by atoms with Crippen LogP contribution in [0.4, 0.5) is 19.4 Å². The van der Waals surface area contributed by atoms with Crippen LogP contribution in [0.2, 0.25) is 0 Å². The highest BCUT2D eigenvalue weighted by Crippen LogP contribution is 2.22. The van der Waals surface area contributed by atoms with E-state index in [0.29, 0.717) is 16.9 Å². The fraction of sp³-hybridized carbons (Fsp3) is 0.333. The summed E-state index contributed by atoms with van der Waals surface area (Å²) < 4.78 is 26.6. The second kappa shape index (κ2) is 8.91. The molecule has 1 aromatic carbocycles. The van der Waals surface area contributed by atoms with E-state index in [1.54, 1.807) is 24.1 Å². The zero-order valence-electron chi connectivity index (χ0n) is 14.3. The summed E-state index contributed by atoms with van der Waals surface area (Å²) in [4.78, 5) is 18.2. The highest BCUT2D eigenvalue weighted by atomic mass is 35.5. The van der Waals surface area contributed by atoms with E-state index in [4.69, 9.17) is 0 Å². The van der Waals surface area contributed by atoms with Crippen LogP contribution < -0.4 is 10.6 Å². The monoisotopic (exact) mass is 382 g/mol. The molecule has 1 saturated heterocycles. The maximum Gasteiger partial charge on any atom is 0.323 e. The van der Waals surface area contributed by atoms with Crippen LogP contribution in [0.25, 0.3) is 11.1 Å². The molecule has 140 valence electrons.